The molecule has 30 heavy (non-hydrogen) atoms. The van der Waals surface area contributed by atoms with Crippen LogP contribution in [0.25, 0.3) is 11.0 Å². The van der Waals surface area contributed by atoms with Crippen LogP contribution in [0.1, 0.15) is 19.4 Å². The lowest BCUT2D eigenvalue weighted by Gasteiger charge is -2.39. The van der Waals surface area contributed by atoms with Crippen molar-refractivity contribution in [2.75, 3.05) is 24.5 Å². The molecule has 0 spiro atoms. The summed E-state index contributed by atoms with van der Waals surface area (Å²) < 4.78 is 45.5. The number of benzene rings is 1. The molecule has 2 atom stereocenters. The third-order valence-corrected chi connectivity index (χ3v) is 4.52. The molecule has 3 rings (SSSR count). The average molecular weight is 423 g/mol. The van der Waals surface area contributed by atoms with Crippen molar-refractivity contribution in [3.63, 3.8) is 0 Å². The van der Waals surface area contributed by atoms with Crippen molar-refractivity contribution in [3.05, 3.63) is 30.1 Å². The summed E-state index contributed by atoms with van der Waals surface area (Å²) in [6.45, 7) is 2.06. The second-order valence-electron chi connectivity index (χ2n) is 7.59. The zero-order valence-corrected chi connectivity index (χ0v) is 16.3. The number of nitriles is 1. The topological polar surface area (TPSA) is 111 Å². The van der Waals surface area contributed by atoms with Crippen LogP contribution < -0.4 is 10.2 Å². The molecule has 11 heteroatoms. The van der Waals surface area contributed by atoms with Gasteiger partial charge in [-0.2, -0.15) is 18.4 Å². The fourth-order valence-corrected chi connectivity index (χ4v) is 3.09. The Morgan fingerprint density at radius 1 is 1.30 bits per heavy atom. The van der Waals surface area contributed by atoms with E-state index in [9.17, 15) is 28.3 Å². The number of halogens is 3. The molecule has 0 saturated carbocycles. The maximum atomic E-state index is 13.5. The molecule has 1 aromatic heterocycles. The highest BCUT2D eigenvalue weighted by atomic mass is 19.4. The Hall–Kier alpha value is -2.97. The molecule has 1 amide bonds. The first kappa shape index (κ1) is 21.7. The van der Waals surface area contributed by atoms with Crippen molar-refractivity contribution in [1.82, 2.24) is 15.3 Å². The van der Waals surface area contributed by atoms with Gasteiger partial charge in [0.2, 0.25) is 0 Å². The van der Waals surface area contributed by atoms with Gasteiger partial charge in [0.25, 0.3) is 5.91 Å². The molecule has 1 aromatic carbocycles. The van der Waals surface area contributed by atoms with Crippen LogP contribution in [0.2, 0.25) is 0 Å². The van der Waals surface area contributed by atoms with Crippen LogP contribution in [0.5, 0.6) is 0 Å². The van der Waals surface area contributed by atoms with Gasteiger partial charge in [-0.25, -0.2) is 0 Å². The normalized spacial score (nSPS) is 20.1. The zero-order chi connectivity index (χ0) is 22.1. The largest absolute Gasteiger partial charge is 0.416 e. The van der Waals surface area contributed by atoms with E-state index in [0.717, 1.165) is 0 Å². The van der Waals surface area contributed by atoms with Gasteiger partial charge in [-0.1, -0.05) is 0 Å². The molecule has 8 nitrogen and oxygen atoms in total. The molecule has 0 radical (unpaired) electrons. The number of amides is 1. The molecule has 0 bridgehead atoms. The number of carbonyl (C=O) groups excluding carboxylic acids is 1. The molecule has 2 heterocycles. The predicted molar refractivity (Wildman–Crippen MR) is 100 cm³/mol. The number of rotatable bonds is 4. The lowest BCUT2D eigenvalue weighted by atomic mass is 10.1. The third-order valence-electron chi connectivity index (χ3n) is 4.52. The molecule has 1 aliphatic rings. The van der Waals surface area contributed by atoms with Crippen LogP contribution >= 0.6 is 0 Å². The van der Waals surface area contributed by atoms with E-state index in [4.69, 9.17) is 4.74 Å². The van der Waals surface area contributed by atoms with Gasteiger partial charge in [0.15, 0.2) is 12.2 Å². The quantitative estimate of drug-likeness (QED) is 0.767. The zero-order valence-electron chi connectivity index (χ0n) is 16.3. The Morgan fingerprint density at radius 2 is 1.97 bits per heavy atom. The highest BCUT2D eigenvalue weighted by Gasteiger charge is 2.47. The highest BCUT2D eigenvalue weighted by molar-refractivity contribution is 5.92. The van der Waals surface area contributed by atoms with Crippen molar-refractivity contribution in [3.8, 4) is 6.07 Å². The SMILES string of the molecule is CC(C)(O)CNC(=O)[C@H]1CN(c2ccc(C#N)c3nccnc23)C[C@@H](C(F)(F)F)O1. The molecule has 0 aliphatic carbocycles. The Balaban J connectivity index is 1.95. The monoisotopic (exact) mass is 423 g/mol. The van der Waals surface area contributed by atoms with E-state index in [1.807, 2.05) is 6.07 Å². The maximum Gasteiger partial charge on any atom is 0.416 e. The van der Waals surface area contributed by atoms with Crippen LogP contribution in [-0.4, -0.2) is 64.6 Å². The minimum Gasteiger partial charge on any atom is -0.389 e. The lowest BCUT2D eigenvalue weighted by Crippen LogP contribution is -2.58. The molecular weight excluding hydrogens is 403 g/mol. The van der Waals surface area contributed by atoms with Crippen LogP contribution in [0, 0.1) is 11.3 Å². The second-order valence-corrected chi connectivity index (χ2v) is 7.59. The van der Waals surface area contributed by atoms with Gasteiger partial charge in [-0.15, -0.1) is 0 Å². The van der Waals surface area contributed by atoms with Gasteiger partial charge >= 0.3 is 6.18 Å². The predicted octanol–water partition coefficient (Wildman–Crippen LogP) is 1.52. The molecule has 1 saturated heterocycles. The van der Waals surface area contributed by atoms with Crippen molar-refractivity contribution in [1.29, 1.82) is 5.26 Å². The first-order valence-corrected chi connectivity index (χ1v) is 9.10. The van der Waals surface area contributed by atoms with E-state index in [1.54, 1.807) is 0 Å². The number of morpholine rings is 1. The molecule has 0 unspecified atom stereocenters. The molecule has 2 aromatic rings. The van der Waals surface area contributed by atoms with Gasteiger partial charge in [0.1, 0.15) is 17.1 Å². The Morgan fingerprint density at radius 3 is 2.57 bits per heavy atom. The highest BCUT2D eigenvalue weighted by Crippen LogP contribution is 2.33. The number of aliphatic hydroxyl groups is 1. The van der Waals surface area contributed by atoms with Crippen LogP contribution in [0.15, 0.2) is 24.5 Å². The van der Waals surface area contributed by atoms with Crippen LogP contribution in [-0.2, 0) is 9.53 Å². The maximum absolute atomic E-state index is 13.5. The first-order chi connectivity index (χ1) is 14.0. The van der Waals surface area contributed by atoms with Crippen molar-refractivity contribution in [2.45, 2.75) is 37.8 Å². The van der Waals surface area contributed by atoms with E-state index in [1.165, 1.54) is 43.3 Å². The number of carbonyl (C=O) groups is 1. The molecule has 160 valence electrons. The number of nitrogens with one attached hydrogen (secondary N) is 1. The number of nitrogens with zero attached hydrogens (tertiary/aromatic N) is 4. The van der Waals surface area contributed by atoms with Gasteiger partial charge in [0, 0.05) is 18.9 Å². The summed E-state index contributed by atoms with van der Waals surface area (Å²) in [4.78, 5) is 22.1. The Labute approximate surface area is 170 Å². The van der Waals surface area contributed by atoms with E-state index in [0.29, 0.717) is 5.69 Å². The van der Waals surface area contributed by atoms with Gasteiger partial charge in [-0.3, -0.25) is 14.8 Å². The van der Waals surface area contributed by atoms with E-state index in [2.05, 4.69) is 15.3 Å². The number of hydrogen-bond donors (Lipinski definition) is 2. The van der Waals surface area contributed by atoms with Gasteiger partial charge in [0.05, 0.1) is 29.9 Å². The number of anilines is 1. The van der Waals surface area contributed by atoms with Gasteiger partial charge in [-0.05, 0) is 26.0 Å². The standard InChI is InChI=1S/C19H20F3N5O3/c1-18(2,29)10-26-17(28)13-8-27(9-14(30-13)19(20,21)22)12-4-3-11(7-23)15-16(12)25-6-5-24-15/h3-6,13-14,29H,8-10H2,1-2H3,(H,26,28)/t13-,14+/m1/s1. The average Bonchev–Trinajstić information content (AvgIpc) is 2.69. The summed E-state index contributed by atoms with van der Waals surface area (Å²) in [6.07, 6.45) is -5.55. The minimum absolute atomic E-state index is 0.145. The summed E-state index contributed by atoms with van der Waals surface area (Å²) in [6, 6.07) is 4.92. The van der Waals surface area contributed by atoms with E-state index in [-0.39, 0.29) is 29.7 Å². The number of hydrogen-bond acceptors (Lipinski definition) is 7. The Bertz CT molecular complexity index is 984. The van der Waals surface area contributed by atoms with Crippen LogP contribution in [0.3, 0.4) is 0 Å². The van der Waals surface area contributed by atoms with Crippen molar-refractivity contribution >= 4 is 22.6 Å². The number of fused-ring (bicyclic) bond motifs is 1. The summed E-state index contributed by atoms with van der Waals surface area (Å²) >= 11 is 0. The third kappa shape index (κ3) is 4.77. The van der Waals surface area contributed by atoms with E-state index >= 15 is 0 Å². The summed E-state index contributed by atoms with van der Waals surface area (Å²) in [7, 11) is 0. The number of ether oxygens (including phenoxy) is 1. The number of alkyl halides is 3. The lowest BCUT2D eigenvalue weighted by molar-refractivity contribution is -0.234. The van der Waals surface area contributed by atoms with E-state index < -0.39 is 36.4 Å². The summed E-state index contributed by atoms with van der Waals surface area (Å²) in [5.41, 5.74) is -0.158. The summed E-state index contributed by atoms with van der Waals surface area (Å²) in [5, 5.41) is 21.4. The van der Waals surface area contributed by atoms with Crippen molar-refractivity contribution < 1.29 is 27.8 Å². The fourth-order valence-electron chi connectivity index (χ4n) is 3.09. The molecule has 1 aliphatic heterocycles. The second kappa shape index (κ2) is 8.04. The smallest absolute Gasteiger partial charge is 0.389 e. The summed E-state index contributed by atoms with van der Waals surface area (Å²) in [5.74, 6) is -0.764. The fraction of sp³-hybridized carbons (Fsp3) is 0.474. The number of aromatic nitrogens is 2. The molecular formula is C19H20F3N5O3. The molecule has 1 fully saturated rings. The van der Waals surface area contributed by atoms with Crippen LogP contribution in [0.4, 0.5) is 18.9 Å². The minimum atomic E-state index is -4.69. The molecule has 2 N–H and O–H groups in total. The van der Waals surface area contributed by atoms with Gasteiger partial charge < -0.3 is 20.1 Å². The van der Waals surface area contributed by atoms with Crippen molar-refractivity contribution in [2.24, 2.45) is 0 Å². The first-order valence-electron chi connectivity index (χ1n) is 9.10. The Kier molecular flexibility index (Phi) is 5.83.